The van der Waals surface area contributed by atoms with Gasteiger partial charge in [-0.1, -0.05) is 29.8 Å². The van der Waals surface area contributed by atoms with Gasteiger partial charge in [-0.25, -0.2) is 4.79 Å². The lowest BCUT2D eigenvalue weighted by Gasteiger charge is -2.18. The Balaban J connectivity index is 1.62. The summed E-state index contributed by atoms with van der Waals surface area (Å²) in [5.74, 6) is -0.241. The van der Waals surface area contributed by atoms with E-state index in [4.69, 9.17) is 11.6 Å². The molecule has 3 N–H and O–H groups in total. The van der Waals surface area contributed by atoms with Crippen LogP contribution in [0.2, 0.25) is 5.02 Å². The highest BCUT2D eigenvalue weighted by molar-refractivity contribution is 7.10. The van der Waals surface area contributed by atoms with E-state index in [2.05, 4.69) is 16.0 Å². The van der Waals surface area contributed by atoms with Gasteiger partial charge in [-0.05, 0) is 42.0 Å². The summed E-state index contributed by atoms with van der Waals surface area (Å²) >= 11 is 7.50. The van der Waals surface area contributed by atoms with Crippen molar-refractivity contribution < 1.29 is 9.59 Å². The maximum absolute atomic E-state index is 12.2. The molecule has 5 nitrogen and oxygen atoms in total. The Hall–Kier alpha value is -2.05. The first kappa shape index (κ1) is 16.8. The van der Waals surface area contributed by atoms with Crippen LogP contribution in [0.25, 0.3) is 0 Å². The van der Waals surface area contributed by atoms with Gasteiger partial charge in [0.1, 0.15) is 0 Å². The second kappa shape index (κ2) is 7.68. The summed E-state index contributed by atoms with van der Waals surface area (Å²) in [6.45, 7) is -0.0615. The molecule has 0 saturated heterocycles. The molecular weight excluding hydrogens is 346 g/mol. The van der Waals surface area contributed by atoms with Crippen LogP contribution >= 0.6 is 22.9 Å². The third-order valence-corrected chi connectivity index (χ3v) is 4.85. The van der Waals surface area contributed by atoms with Crippen LogP contribution in [-0.4, -0.2) is 24.5 Å². The molecule has 126 valence electrons. The third kappa shape index (κ3) is 4.72. The average molecular weight is 364 g/mol. The number of benzene rings is 1. The normalized spacial score (nSPS) is 14.7. The Morgan fingerprint density at radius 2 is 1.96 bits per heavy atom. The quantitative estimate of drug-likeness (QED) is 0.738. The van der Waals surface area contributed by atoms with Crippen molar-refractivity contribution in [3.63, 3.8) is 0 Å². The van der Waals surface area contributed by atoms with E-state index in [0.717, 1.165) is 23.3 Å². The minimum Gasteiger partial charge on any atom is -0.343 e. The van der Waals surface area contributed by atoms with Gasteiger partial charge in [0.15, 0.2) is 0 Å². The van der Waals surface area contributed by atoms with E-state index in [0.29, 0.717) is 5.02 Å². The van der Waals surface area contributed by atoms with E-state index >= 15 is 0 Å². The van der Waals surface area contributed by atoms with Gasteiger partial charge in [0.05, 0.1) is 12.6 Å². The Bertz CT molecular complexity index is 699. The highest BCUT2D eigenvalue weighted by Crippen LogP contribution is 2.27. The minimum absolute atomic E-state index is 0.0615. The number of amides is 3. The van der Waals surface area contributed by atoms with Gasteiger partial charge in [-0.15, -0.1) is 11.3 Å². The largest absolute Gasteiger partial charge is 0.343 e. The van der Waals surface area contributed by atoms with Crippen LogP contribution in [-0.2, 0) is 4.79 Å². The number of rotatable bonds is 6. The standard InChI is InChI=1S/C17H18ClN3O2S/c18-12-5-3-11(4-6-12)16(14-2-1-9-24-14)21-15(22)10-19-17(23)20-13-7-8-13/h1-6,9,13,16H,7-8,10H2,(H,21,22)(H2,19,20,23)/t16-/m0/s1. The topological polar surface area (TPSA) is 70.2 Å². The fourth-order valence-corrected chi connectivity index (χ4v) is 3.19. The lowest BCUT2D eigenvalue weighted by Crippen LogP contribution is -2.43. The summed E-state index contributed by atoms with van der Waals surface area (Å²) in [6, 6.07) is 11.0. The van der Waals surface area contributed by atoms with Crippen molar-refractivity contribution in [1.82, 2.24) is 16.0 Å². The van der Waals surface area contributed by atoms with Crippen LogP contribution in [0.5, 0.6) is 0 Å². The molecule has 1 aromatic heterocycles. The number of urea groups is 1. The van der Waals surface area contributed by atoms with Gasteiger partial charge in [0.25, 0.3) is 0 Å². The molecule has 1 aromatic carbocycles. The number of hydrogen-bond acceptors (Lipinski definition) is 3. The van der Waals surface area contributed by atoms with Crippen molar-refractivity contribution in [3.8, 4) is 0 Å². The smallest absolute Gasteiger partial charge is 0.315 e. The maximum atomic E-state index is 12.2. The maximum Gasteiger partial charge on any atom is 0.315 e. The number of nitrogens with one attached hydrogen (secondary N) is 3. The zero-order valence-corrected chi connectivity index (χ0v) is 14.5. The predicted molar refractivity (Wildman–Crippen MR) is 95.3 cm³/mol. The molecule has 7 heteroatoms. The molecule has 1 aliphatic carbocycles. The van der Waals surface area contributed by atoms with Crippen LogP contribution in [0.3, 0.4) is 0 Å². The van der Waals surface area contributed by atoms with Gasteiger partial charge in [-0.3, -0.25) is 4.79 Å². The van der Waals surface area contributed by atoms with E-state index in [1.807, 2.05) is 29.6 Å². The number of thiophene rings is 1. The molecule has 1 fully saturated rings. The SMILES string of the molecule is O=C(CNC(=O)NC1CC1)N[C@@H](c1ccc(Cl)cc1)c1cccs1. The van der Waals surface area contributed by atoms with E-state index < -0.39 is 0 Å². The van der Waals surface area contributed by atoms with E-state index in [1.165, 1.54) is 0 Å². The van der Waals surface area contributed by atoms with Crippen molar-refractivity contribution in [2.45, 2.75) is 24.9 Å². The summed E-state index contributed by atoms with van der Waals surface area (Å²) in [7, 11) is 0. The molecule has 1 saturated carbocycles. The van der Waals surface area contributed by atoms with Crippen molar-refractivity contribution in [3.05, 3.63) is 57.2 Å². The van der Waals surface area contributed by atoms with Crippen molar-refractivity contribution in [1.29, 1.82) is 0 Å². The molecule has 0 aliphatic heterocycles. The van der Waals surface area contributed by atoms with Crippen molar-refractivity contribution in [2.75, 3.05) is 6.54 Å². The van der Waals surface area contributed by atoms with Crippen LogP contribution < -0.4 is 16.0 Å². The third-order valence-electron chi connectivity index (χ3n) is 3.66. The summed E-state index contributed by atoms with van der Waals surface area (Å²) < 4.78 is 0. The number of carbonyl (C=O) groups excluding carboxylic acids is 2. The van der Waals surface area contributed by atoms with Crippen LogP contribution in [0.15, 0.2) is 41.8 Å². The van der Waals surface area contributed by atoms with E-state index in [9.17, 15) is 9.59 Å². The molecule has 1 aliphatic rings. The lowest BCUT2D eigenvalue weighted by atomic mass is 10.1. The van der Waals surface area contributed by atoms with Crippen LogP contribution in [0.1, 0.15) is 29.3 Å². The summed E-state index contributed by atoms with van der Waals surface area (Å²) in [5, 5.41) is 10.9. The first-order chi connectivity index (χ1) is 11.6. The molecule has 24 heavy (non-hydrogen) atoms. The Labute approximate surface area is 149 Å². The summed E-state index contributed by atoms with van der Waals surface area (Å²) in [6.07, 6.45) is 2.02. The van der Waals surface area contributed by atoms with E-state index in [1.54, 1.807) is 23.5 Å². The van der Waals surface area contributed by atoms with Gasteiger partial charge >= 0.3 is 6.03 Å². The number of hydrogen-bond donors (Lipinski definition) is 3. The zero-order valence-electron chi connectivity index (χ0n) is 12.9. The Morgan fingerprint density at radius 1 is 1.21 bits per heavy atom. The Kier molecular flexibility index (Phi) is 5.37. The molecule has 0 radical (unpaired) electrons. The molecule has 0 bridgehead atoms. The first-order valence-electron chi connectivity index (χ1n) is 7.74. The second-order valence-corrected chi connectivity index (χ2v) is 7.08. The van der Waals surface area contributed by atoms with Gasteiger partial charge in [0.2, 0.25) is 5.91 Å². The number of halogens is 1. The van der Waals surface area contributed by atoms with Gasteiger partial charge < -0.3 is 16.0 Å². The molecule has 0 spiro atoms. The number of carbonyl (C=O) groups is 2. The molecule has 0 unspecified atom stereocenters. The van der Waals surface area contributed by atoms with Crippen molar-refractivity contribution in [2.24, 2.45) is 0 Å². The molecule has 3 amide bonds. The molecular formula is C17H18ClN3O2S. The molecule has 1 atom stereocenters. The monoisotopic (exact) mass is 363 g/mol. The second-order valence-electron chi connectivity index (χ2n) is 5.67. The highest BCUT2D eigenvalue weighted by atomic mass is 35.5. The van der Waals surface area contributed by atoms with Crippen LogP contribution in [0, 0.1) is 0 Å². The van der Waals surface area contributed by atoms with Gasteiger partial charge in [-0.2, -0.15) is 0 Å². The molecule has 1 heterocycles. The average Bonchev–Trinajstić information content (AvgIpc) is 3.21. The fraction of sp³-hybridized carbons (Fsp3) is 0.294. The first-order valence-corrected chi connectivity index (χ1v) is 9.00. The highest BCUT2D eigenvalue weighted by Gasteiger charge is 2.23. The van der Waals surface area contributed by atoms with Crippen molar-refractivity contribution >= 4 is 34.9 Å². The fourth-order valence-electron chi connectivity index (χ4n) is 2.27. The summed E-state index contributed by atoms with van der Waals surface area (Å²) in [4.78, 5) is 24.8. The Morgan fingerprint density at radius 3 is 2.58 bits per heavy atom. The predicted octanol–water partition coefficient (Wildman–Crippen LogP) is 3.07. The van der Waals surface area contributed by atoms with Crippen LogP contribution in [0.4, 0.5) is 4.79 Å². The van der Waals surface area contributed by atoms with Gasteiger partial charge in [0, 0.05) is 15.9 Å². The minimum atomic E-state index is -0.299. The molecule has 3 rings (SSSR count). The molecule has 2 aromatic rings. The zero-order chi connectivity index (χ0) is 16.9. The lowest BCUT2D eigenvalue weighted by molar-refractivity contribution is -0.120. The summed E-state index contributed by atoms with van der Waals surface area (Å²) in [5.41, 5.74) is 0.942. The van der Waals surface area contributed by atoms with E-state index in [-0.39, 0.29) is 30.6 Å².